The van der Waals surface area contributed by atoms with Crippen LogP contribution < -0.4 is 5.32 Å². The van der Waals surface area contributed by atoms with Crippen molar-refractivity contribution in [3.63, 3.8) is 0 Å². The lowest BCUT2D eigenvalue weighted by Gasteiger charge is -2.09. The van der Waals surface area contributed by atoms with E-state index in [4.69, 9.17) is 66.3 Å². The van der Waals surface area contributed by atoms with Gasteiger partial charge in [-0.2, -0.15) is 0 Å². The highest BCUT2D eigenvalue weighted by atomic mass is 32.1. The lowest BCUT2D eigenvalue weighted by molar-refractivity contribution is -0.146. The normalized spacial score (nSPS) is 11.3. The molecular weight excluding hydrogens is 746 g/mol. The average Bonchev–Trinajstić information content (AvgIpc) is 3.19. The third-order valence-corrected chi connectivity index (χ3v) is 7.02. The van der Waals surface area contributed by atoms with Gasteiger partial charge in [0.1, 0.15) is 6.61 Å². The molecule has 0 unspecified atom stereocenters. The molecule has 0 fully saturated rings. The molecule has 18 heteroatoms. The van der Waals surface area contributed by atoms with Crippen LogP contribution in [0, 0.1) is 0 Å². The molecular formula is C37H65NO16S. The van der Waals surface area contributed by atoms with Crippen molar-refractivity contribution < 1.29 is 75.9 Å². The van der Waals surface area contributed by atoms with E-state index in [2.05, 4.69) is 17.9 Å². The third kappa shape index (κ3) is 38.6. The van der Waals surface area contributed by atoms with Gasteiger partial charge >= 0.3 is 5.97 Å². The molecule has 1 amide bonds. The number of nitrogens with one attached hydrogen (secondary N) is 1. The van der Waals surface area contributed by atoms with Gasteiger partial charge in [0.05, 0.1) is 172 Å². The van der Waals surface area contributed by atoms with Gasteiger partial charge in [0, 0.05) is 24.1 Å². The van der Waals surface area contributed by atoms with Gasteiger partial charge < -0.3 is 71.6 Å². The first-order valence-corrected chi connectivity index (χ1v) is 19.2. The van der Waals surface area contributed by atoms with Gasteiger partial charge in [-0.15, -0.1) is 12.6 Å². The van der Waals surface area contributed by atoms with Crippen LogP contribution in [-0.2, 0) is 75.9 Å². The molecule has 0 atom stereocenters. The maximum atomic E-state index is 11.9. The van der Waals surface area contributed by atoms with Crippen molar-refractivity contribution in [2.45, 2.75) is 17.7 Å². The van der Waals surface area contributed by atoms with E-state index < -0.39 is 5.97 Å². The molecule has 1 rings (SSSR count). The van der Waals surface area contributed by atoms with Crippen molar-refractivity contribution in [3.8, 4) is 0 Å². The zero-order valence-electron chi connectivity index (χ0n) is 32.6. The van der Waals surface area contributed by atoms with E-state index in [9.17, 15) is 9.59 Å². The lowest BCUT2D eigenvalue weighted by atomic mass is 10.2. The molecule has 1 aromatic carbocycles. The highest BCUT2D eigenvalue weighted by Gasteiger charge is 2.08. The molecule has 17 nitrogen and oxygen atoms in total. The van der Waals surface area contributed by atoms with Crippen molar-refractivity contribution in [2.75, 3.05) is 184 Å². The molecule has 1 aromatic rings. The Morgan fingerprint density at radius 1 is 0.418 bits per heavy atom. The Labute approximate surface area is 331 Å². The summed E-state index contributed by atoms with van der Waals surface area (Å²) >= 11 is 4.20. The molecule has 320 valence electrons. The molecule has 0 heterocycles. The van der Waals surface area contributed by atoms with Crippen LogP contribution in [0.15, 0.2) is 29.2 Å². The molecule has 1 N–H and O–H groups in total. The molecule has 0 bridgehead atoms. The van der Waals surface area contributed by atoms with Crippen molar-refractivity contribution in [3.05, 3.63) is 24.3 Å². The first-order valence-electron chi connectivity index (χ1n) is 18.8. The maximum absolute atomic E-state index is 11.9. The van der Waals surface area contributed by atoms with Gasteiger partial charge in [-0.05, 0) is 24.3 Å². The zero-order chi connectivity index (χ0) is 39.5. The van der Waals surface area contributed by atoms with Crippen LogP contribution in [-0.4, -0.2) is 191 Å². The third-order valence-electron chi connectivity index (χ3n) is 6.72. The first kappa shape index (κ1) is 51.0. The standard InChI is InChI=1S/C37H65NO16S/c1-41-8-9-42-10-11-43-12-13-44-14-15-45-16-17-46-18-19-47-20-21-48-22-23-49-24-25-50-26-27-51-28-29-52-30-31-53-32-33-54-37(40)7-6-36(39)38-34-2-4-35(55)5-3-34/h2-5,55H,6-33H2,1H3,(H,38,39). The Morgan fingerprint density at radius 2 is 0.691 bits per heavy atom. The summed E-state index contributed by atoms with van der Waals surface area (Å²) in [7, 11) is 1.64. The summed E-state index contributed by atoms with van der Waals surface area (Å²) in [6, 6.07) is 7.02. The fourth-order valence-electron chi connectivity index (χ4n) is 3.93. The van der Waals surface area contributed by atoms with E-state index in [0.717, 1.165) is 4.90 Å². The number of benzene rings is 1. The Morgan fingerprint density at radius 3 is 0.982 bits per heavy atom. The number of methoxy groups -OCH3 is 1. The number of thiol groups is 1. The number of anilines is 1. The summed E-state index contributed by atoms with van der Waals surface area (Å²) in [5, 5.41) is 2.72. The van der Waals surface area contributed by atoms with Gasteiger partial charge in [-0.25, -0.2) is 0 Å². The number of carbonyl (C=O) groups is 2. The Balaban J connectivity index is 1.66. The van der Waals surface area contributed by atoms with Crippen LogP contribution in [0.5, 0.6) is 0 Å². The Bertz CT molecular complexity index is 981. The smallest absolute Gasteiger partial charge is 0.306 e. The van der Waals surface area contributed by atoms with Crippen molar-refractivity contribution in [1.29, 1.82) is 0 Å². The number of hydrogen-bond donors (Lipinski definition) is 2. The number of amides is 1. The minimum Gasteiger partial charge on any atom is -0.463 e. The molecule has 0 aliphatic rings. The van der Waals surface area contributed by atoms with Crippen molar-refractivity contribution in [1.82, 2.24) is 0 Å². The minimum atomic E-state index is -0.455. The summed E-state index contributed by atoms with van der Waals surface area (Å²) in [4.78, 5) is 24.5. The zero-order valence-corrected chi connectivity index (χ0v) is 33.5. The topological polar surface area (TPSA) is 175 Å². The van der Waals surface area contributed by atoms with Crippen LogP contribution in [0.25, 0.3) is 0 Å². The second-order valence-corrected chi connectivity index (χ2v) is 11.7. The molecule has 0 saturated carbocycles. The van der Waals surface area contributed by atoms with Crippen LogP contribution in [0.2, 0.25) is 0 Å². The molecule has 0 radical (unpaired) electrons. The predicted octanol–water partition coefficient (Wildman–Crippen LogP) is 2.08. The fraction of sp³-hybridized carbons (Fsp3) is 0.784. The fourth-order valence-corrected chi connectivity index (χ4v) is 4.08. The number of carbonyl (C=O) groups excluding carboxylic acids is 2. The minimum absolute atomic E-state index is 0.00676. The van der Waals surface area contributed by atoms with Crippen LogP contribution in [0.1, 0.15) is 12.8 Å². The van der Waals surface area contributed by atoms with Crippen molar-refractivity contribution >= 4 is 30.2 Å². The van der Waals surface area contributed by atoms with E-state index in [1.807, 2.05) is 0 Å². The number of ether oxygens (including phenoxy) is 14. The maximum Gasteiger partial charge on any atom is 0.306 e. The second kappa shape index (κ2) is 41.6. The Hall–Kier alpha value is -2.01. The van der Waals surface area contributed by atoms with Gasteiger partial charge in [-0.3, -0.25) is 9.59 Å². The molecule has 0 aromatic heterocycles. The lowest BCUT2D eigenvalue weighted by Crippen LogP contribution is -2.17. The SMILES string of the molecule is COCCOCCOCCOCCOCCOCCOCCOCCOCCOCCOCCOCCOCCOC(=O)CCC(=O)Nc1ccc(S)cc1. The number of rotatable bonds is 43. The number of hydrogen-bond acceptors (Lipinski definition) is 17. The summed E-state index contributed by atoms with van der Waals surface area (Å²) in [6.45, 7) is 12.1. The van der Waals surface area contributed by atoms with E-state index in [1.54, 1.807) is 31.4 Å². The van der Waals surface area contributed by atoms with Gasteiger partial charge in [-0.1, -0.05) is 0 Å². The first-order chi connectivity index (χ1) is 27.1. The van der Waals surface area contributed by atoms with Crippen LogP contribution >= 0.6 is 12.6 Å². The Kier molecular flexibility index (Phi) is 38.6. The highest BCUT2D eigenvalue weighted by molar-refractivity contribution is 7.80. The molecule has 0 aliphatic heterocycles. The largest absolute Gasteiger partial charge is 0.463 e. The molecule has 55 heavy (non-hydrogen) atoms. The average molecular weight is 812 g/mol. The van der Waals surface area contributed by atoms with E-state index in [-0.39, 0.29) is 32.0 Å². The molecule has 0 aliphatic carbocycles. The predicted molar refractivity (Wildman–Crippen MR) is 204 cm³/mol. The second-order valence-electron chi connectivity index (χ2n) is 11.2. The van der Waals surface area contributed by atoms with Gasteiger partial charge in [0.2, 0.25) is 5.91 Å². The van der Waals surface area contributed by atoms with Crippen LogP contribution in [0.3, 0.4) is 0 Å². The van der Waals surface area contributed by atoms with Gasteiger partial charge in [0.15, 0.2) is 0 Å². The quantitative estimate of drug-likeness (QED) is 0.0557. The van der Waals surface area contributed by atoms with Crippen molar-refractivity contribution in [2.24, 2.45) is 0 Å². The highest BCUT2D eigenvalue weighted by Crippen LogP contribution is 2.12. The summed E-state index contributed by atoms with van der Waals surface area (Å²) in [6.07, 6.45) is 0.0298. The summed E-state index contributed by atoms with van der Waals surface area (Å²) in [5.74, 6) is -0.716. The number of esters is 1. The van der Waals surface area contributed by atoms with Crippen LogP contribution in [0.4, 0.5) is 5.69 Å². The molecule has 0 spiro atoms. The van der Waals surface area contributed by atoms with E-state index in [0.29, 0.717) is 164 Å². The van der Waals surface area contributed by atoms with E-state index in [1.165, 1.54) is 0 Å². The molecule has 0 saturated heterocycles. The summed E-state index contributed by atoms with van der Waals surface area (Å²) < 4.78 is 75.2. The summed E-state index contributed by atoms with van der Waals surface area (Å²) in [5.41, 5.74) is 0.648. The van der Waals surface area contributed by atoms with E-state index >= 15 is 0 Å². The monoisotopic (exact) mass is 811 g/mol. The van der Waals surface area contributed by atoms with Gasteiger partial charge in [0.25, 0.3) is 0 Å².